The minimum atomic E-state index is 0.0694. The number of rotatable bonds is 1. The van der Waals surface area contributed by atoms with Crippen molar-refractivity contribution in [2.75, 3.05) is 13.2 Å². The van der Waals surface area contributed by atoms with E-state index in [1.54, 1.807) is 0 Å². The Labute approximate surface area is 43.5 Å². The summed E-state index contributed by atoms with van der Waals surface area (Å²) < 4.78 is 0. The fraction of sp³-hybridized carbons (Fsp3) is 1.00. The van der Waals surface area contributed by atoms with Gasteiger partial charge in [-0.25, -0.2) is 0 Å². The van der Waals surface area contributed by atoms with Gasteiger partial charge in [0, 0.05) is 5.54 Å². The van der Waals surface area contributed by atoms with E-state index in [2.05, 4.69) is 5.32 Å². The summed E-state index contributed by atoms with van der Waals surface area (Å²) in [7, 11) is 0. The lowest BCUT2D eigenvalue weighted by Crippen LogP contribution is -2.57. The molecule has 2 N–H and O–H groups in total. The first kappa shape index (κ1) is 5.06. The Morgan fingerprint density at radius 3 is 2.43 bits per heavy atom. The molecule has 1 unspecified atom stereocenters. The van der Waals surface area contributed by atoms with Crippen LogP contribution in [-0.2, 0) is 0 Å². The summed E-state index contributed by atoms with van der Waals surface area (Å²) in [6.45, 7) is 3.36. The maximum absolute atomic E-state index is 8.58. The van der Waals surface area contributed by atoms with E-state index in [-0.39, 0.29) is 12.1 Å². The molecule has 2 nitrogen and oxygen atoms in total. The van der Waals surface area contributed by atoms with Crippen LogP contribution in [0.4, 0.5) is 0 Å². The van der Waals surface area contributed by atoms with Crippen LogP contribution in [-0.4, -0.2) is 23.8 Å². The maximum atomic E-state index is 8.58. The fourth-order valence-electron chi connectivity index (χ4n) is 0.687. The van der Waals surface area contributed by atoms with Crippen LogP contribution in [0.15, 0.2) is 0 Å². The third-order valence-corrected chi connectivity index (χ3v) is 1.58. The average molecular weight is 101 g/mol. The Kier molecular flexibility index (Phi) is 1.05. The van der Waals surface area contributed by atoms with Crippen LogP contribution in [0.25, 0.3) is 0 Å². The third kappa shape index (κ3) is 0.763. The van der Waals surface area contributed by atoms with Gasteiger partial charge in [-0.05, 0) is 19.9 Å². The molecule has 0 spiro atoms. The normalized spacial score (nSPS) is 40.3. The van der Waals surface area contributed by atoms with Gasteiger partial charge in [-0.1, -0.05) is 0 Å². The maximum Gasteiger partial charge on any atom is 0.0611 e. The second-order valence-electron chi connectivity index (χ2n) is 2.40. The molecule has 0 aliphatic carbocycles. The molecule has 1 fully saturated rings. The Bertz CT molecular complexity index is 63.0. The van der Waals surface area contributed by atoms with E-state index in [1.165, 1.54) is 0 Å². The first-order valence-corrected chi connectivity index (χ1v) is 2.63. The zero-order valence-electron chi connectivity index (χ0n) is 4.57. The number of hydrogen-bond donors (Lipinski definition) is 2. The summed E-state index contributed by atoms with van der Waals surface area (Å²) in [4.78, 5) is 0. The third-order valence-electron chi connectivity index (χ3n) is 1.58. The molecule has 0 saturated carbocycles. The zero-order chi connectivity index (χ0) is 5.33. The van der Waals surface area contributed by atoms with Gasteiger partial charge in [-0.3, -0.25) is 0 Å². The van der Waals surface area contributed by atoms with E-state index in [0.29, 0.717) is 0 Å². The van der Waals surface area contributed by atoms with Crippen molar-refractivity contribution in [2.45, 2.75) is 18.9 Å². The summed E-state index contributed by atoms with van der Waals surface area (Å²) in [5, 5.41) is 11.7. The van der Waals surface area contributed by atoms with E-state index in [1.807, 2.05) is 6.92 Å². The molecule has 7 heavy (non-hydrogen) atoms. The standard InChI is InChI=1S/C5H11NO/c1-5(4-7)2-3-6-5/h6-7H,2-4H2,1H3. The van der Waals surface area contributed by atoms with Gasteiger partial charge in [0.05, 0.1) is 6.61 Å². The van der Waals surface area contributed by atoms with Gasteiger partial charge in [0.15, 0.2) is 0 Å². The van der Waals surface area contributed by atoms with Crippen molar-refractivity contribution in [1.82, 2.24) is 5.32 Å². The second-order valence-corrected chi connectivity index (χ2v) is 2.40. The van der Waals surface area contributed by atoms with Crippen LogP contribution in [0, 0.1) is 0 Å². The van der Waals surface area contributed by atoms with Crippen molar-refractivity contribution in [2.24, 2.45) is 0 Å². The van der Waals surface area contributed by atoms with Crippen LogP contribution in [0.2, 0.25) is 0 Å². The molecule has 1 heterocycles. The molecule has 0 radical (unpaired) electrons. The van der Waals surface area contributed by atoms with Gasteiger partial charge < -0.3 is 10.4 Å². The van der Waals surface area contributed by atoms with Gasteiger partial charge in [-0.15, -0.1) is 0 Å². The molecule has 0 amide bonds. The topological polar surface area (TPSA) is 32.3 Å². The average Bonchev–Trinajstić information content (AvgIpc) is 1.61. The molecule has 1 atom stereocenters. The van der Waals surface area contributed by atoms with Crippen molar-refractivity contribution < 1.29 is 5.11 Å². The van der Waals surface area contributed by atoms with Crippen molar-refractivity contribution in [3.05, 3.63) is 0 Å². The molecule has 2 heteroatoms. The van der Waals surface area contributed by atoms with Crippen LogP contribution in [0.3, 0.4) is 0 Å². The van der Waals surface area contributed by atoms with E-state index in [4.69, 9.17) is 5.11 Å². The Hall–Kier alpha value is -0.0800. The van der Waals surface area contributed by atoms with Crippen molar-refractivity contribution in [1.29, 1.82) is 0 Å². The Balaban J connectivity index is 2.29. The number of hydrogen-bond acceptors (Lipinski definition) is 2. The van der Waals surface area contributed by atoms with Gasteiger partial charge >= 0.3 is 0 Å². The van der Waals surface area contributed by atoms with E-state index >= 15 is 0 Å². The highest BCUT2D eigenvalue weighted by Gasteiger charge is 2.29. The minimum absolute atomic E-state index is 0.0694. The van der Waals surface area contributed by atoms with Crippen LogP contribution in [0.5, 0.6) is 0 Å². The second kappa shape index (κ2) is 1.46. The first-order chi connectivity index (χ1) is 3.27. The summed E-state index contributed by atoms with van der Waals surface area (Å²) >= 11 is 0. The van der Waals surface area contributed by atoms with Gasteiger partial charge in [0.1, 0.15) is 0 Å². The SMILES string of the molecule is CC1(CO)CCN1. The molecule has 0 aromatic carbocycles. The van der Waals surface area contributed by atoms with Crippen molar-refractivity contribution >= 4 is 0 Å². The highest BCUT2D eigenvalue weighted by molar-refractivity contribution is 4.91. The molecule has 0 aromatic heterocycles. The molecular weight excluding hydrogens is 90.1 g/mol. The molecule has 1 rings (SSSR count). The largest absolute Gasteiger partial charge is 0.394 e. The van der Waals surface area contributed by atoms with Crippen molar-refractivity contribution in [3.8, 4) is 0 Å². The minimum Gasteiger partial charge on any atom is -0.394 e. The highest BCUT2D eigenvalue weighted by Crippen LogP contribution is 2.15. The lowest BCUT2D eigenvalue weighted by atomic mass is 9.92. The van der Waals surface area contributed by atoms with E-state index in [0.717, 1.165) is 13.0 Å². The summed E-state index contributed by atoms with van der Waals surface area (Å²) in [5.74, 6) is 0. The van der Waals surface area contributed by atoms with Crippen LogP contribution >= 0.6 is 0 Å². The number of nitrogens with one attached hydrogen (secondary N) is 1. The van der Waals surface area contributed by atoms with Crippen LogP contribution < -0.4 is 5.32 Å². The predicted molar refractivity (Wildman–Crippen MR) is 28.1 cm³/mol. The molecule has 0 aromatic rings. The summed E-state index contributed by atoms with van der Waals surface area (Å²) in [5.41, 5.74) is 0.0694. The predicted octanol–water partition coefficient (Wildman–Crippen LogP) is -0.269. The molecular formula is C5H11NO. The van der Waals surface area contributed by atoms with Gasteiger partial charge in [0.2, 0.25) is 0 Å². The quantitative estimate of drug-likeness (QED) is 0.476. The monoisotopic (exact) mass is 101 g/mol. The van der Waals surface area contributed by atoms with Crippen LogP contribution in [0.1, 0.15) is 13.3 Å². The lowest BCUT2D eigenvalue weighted by molar-refractivity contribution is 0.117. The number of aliphatic hydroxyl groups excluding tert-OH is 1. The van der Waals surface area contributed by atoms with E-state index in [9.17, 15) is 0 Å². The smallest absolute Gasteiger partial charge is 0.0611 e. The molecule has 1 saturated heterocycles. The Morgan fingerprint density at radius 1 is 1.86 bits per heavy atom. The van der Waals surface area contributed by atoms with Gasteiger partial charge in [0.25, 0.3) is 0 Å². The molecule has 1 aliphatic heterocycles. The van der Waals surface area contributed by atoms with Crippen molar-refractivity contribution in [3.63, 3.8) is 0 Å². The summed E-state index contributed by atoms with van der Waals surface area (Å²) in [6, 6.07) is 0. The molecule has 42 valence electrons. The molecule has 1 aliphatic rings. The highest BCUT2D eigenvalue weighted by atomic mass is 16.3. The van der Waals surface area contributed by atoms with E-state index < -0.39 is 0 Å². The lowest BCUT2D eigenvalue weighted by Gasteiger charge is -2.38. The zero-order valence-corrected chi connectivity index (χ0v) is 4.57. The van der Waals surface area contributed by atoms with Gasteiger partial charge in [-0.2, -0.15) is 0 Å². The Morgan fingerprint density at radius 2 is 2.43 bits per heavy atom. The first-order valence-electron chi connectivity index (χ1n) is 2.63. The summed E-state index contributed by atoms with van der Waals surface area (Å²) in [6.07, 6.45) is 1.11. The number of aliphatic hydroxyl groups is 1. The fourth-order valence-corrected chi connectivity index (χ4v) is 0.687. The molecule has 0 bridgehead atoms.